The highest BCUT2D eigenvalue weighted by atomic mass is 16.2. The van der Waals surface area contributed by atoms with Crippen LogP contribution in [-0.4, -0.2) is 46.1 Å². The molecule has 1 N–H and O–H groups in total. The van der Waals surface area contributed by atoms with Gasteiger partial charge in [0, 0.05) is 36.1 Å². The number of nitriles is 1. The number of anilines is 1. The quantitative estimate of drug-likeness (QED) is 0.599. The molecule has 194 valence electrons. The van der Waals surface area contributed by atoms with Gasteiger partial charge < -0.3 is 5.32 Å². The number of carbonyl (C=O) groups excluding carboxylic acids is 3. The number of amides is 2. The fraction of sp³-hybridized carbons (Fsp3) is 0.483. The topological polar surface area (TPSA) is 106 Å². The average molecular weight is 502 g/mol. The Morgan fingerprint density at radius 2 is 1.84 bits per heavy atom. The van der Waals surface area contributed by atoms with E-state index < -0.39 is 18.0 Å². The molecule has 1 aromatic carbocycles. The van der Waals surface area contributed by atoms with E-state index in [1.807, 2.05) is 30.5 Å². The number of nitrogens with one attached hydrogen (secondary N) is 1. The summed E-state index contributed by atoms with van der Waals surface area (Å²) in [6.45, 7) is 6.22. The predicted octanol–water partition coefficient (Wildman–Crippen LogP) is 4.03. The SMILES string of the molecule is CC(C)(C)c1ccc(N(C(=O)C2CC(=O)CN2C#N)C(C(=O)NC2CCCCC2)c2cccnc2)cc1. The number of rotatable bonds is 6. The Morgan fingerprint density at radius 3 is 2.43 bits per heavy atom. The van der Waals surface area contributed by atoms with Crippen LogP contribution in [0.2, 0.25) is 0 Å². The molecule has 0 bridgehead atoms. The molecule has 0 spiro atoms. The van der Waals surface area contributed by atoms with E-state index in [-0.39, 0.29) is 36.1 Å². The third-order valence-electron chi connectivity index (χ3n) is 7.26. The highest BCUT2D eigenvalue weighted by molar-refractivity contribution is 6.06. The smallest absolute Gasteiger partial charge is 0.251 e. The normalized spacial score (nSPS) is 19.2. The number of pyridine rings is 1. The zero-order valence-corrected chi connectivity index (χ0v) is 21.8. The van der Waals surface area contributed by atoms with Crippen LogP contribution in [0.1, 0.15) is 76.5 Å². The largest absolute Gasteiger partial charge is 0.351 e. The lowest BCUT2D eigenvalue weighted by Crippen LogP contribution is -2.51. The Morgan fingerprint density at radius 1 is 1.14 bits per heavy atom. The number of likely N-dealkylation sites (tertiary alicyclic amines) is 1. The molecule has 8 nitrogen and oxygen atoms in total. The maximum atomic E-state index is 14.1. The lowest BCUT2D eigenvalue weighted by Gasteiger charge is -2.35. The Bertz CT molecular complexity index is 1160. The van der Waals surface area contributed by atoms with Crippen LogP contribution in [0.3, 0.4) is 0 Å². The highest BCUT2D eigenvalue weighted by Gasteiger charge is 2.43. The molecule has 1 aromatic heterocycles. The first kappa shape index (κ1) is 26.3. The van der Waals surface area contributed by atoms with Gasteiger partial charge in [-0.15, -0.1) is 0 Å². The Hall–Kier alpha value is -3.73. The molecule has 4 rings (SSSR count). The molecular weight excluding hydrogens is 466 g/mol. The summed E-state index contributed by atoms with van der Waals surface area (Å²) >= 11 is 0. The third kappa shape index (κ3) is 5.99. The lowest BCUT2D eigenvalue weighted by atomic mass is 9.87. The minimum absolute atomic E-state index is 0.0457. The number of aromatic nitrogens is 1. The Balaban J connectivity index is 1.79. The van der Waals surface area contributed by atoms with E-state index in [4.69, 9.17) is 0 Å². The molecule has 37 heavy (non-hydrogen) atoms. The fourth-order valence-electron chi connectivity index (χ4n) is 5.18. The molecule has 1 saturated carbocycles. The van der Waals surface area contributed by atoms with Gasteiger partial charge in [-0.2, -0.15) is 5.26 Å². The number of ketones is 1. The second kappa shape index (κ2) is 11.1. The van der Waals surface area contributed by atoms with Crippen molar-refractivity contribution in [3.05, 3.63) is 59.9 Å². The number of carbonyl (C=O) groups is 3. The van der Waals surface area contributed by atoms with Gasteiger partial charge in [-0.05, 0) is 42.0 Å². The zero-order valence-electron chi connectivity index (χ0n) is 21.8. The predicted molar refractivity (Wildman–Crippen MR) is 140 cm³/mol. The van der Waals surface area contributed by atoms with Gasteiger partial charge in [0.15, 0.2) is 12.0 Å². The van der Waals surface area contributed by atoms with Crippen LogP contribution in [0.25, 0.3) is 0 Å². The van der Waals surface area contributed by atoms with E-state index >= 15 is 0 Å². The summed E-state index contributed by atoms with van der Waals surface area (Å²) in [6, 6.07) is 9.19. The Labute approximate surface area is 218 Å². The molecule has 1 saturated heterocycles. The minimum atomic E-state index is -1.00. The van der Waals surface area contributed by atoms with E-state index in [0.29, 0.717) is 11.3 Å². The van der Waals surface area contributed by atoms with Crippen molar-refractivity contribution in [3.8, 4) is 6.19 Å². The van der Waals surface area contributed by atoms with Crippen molar-refractivity contribution in [3.63, 3.8) is 0 Å². The molecule has 1 aliphatic carbocycles. The summed E-state index contributed by atoms with van der Waals surface area (Å²) in [6.07, 6.45) is 10.2. The van der Waals surface area contributed by atoms with Crippen LogP contribution in [0.4, 0.5) is 5.69 Å². The van der Waals surface area contributed by atoms with E-state index in [1.54, 1.807) is 24.5 Å². The van der Waals surface area contributed by atoms with Crippen molar-refractivity contribution in [1.29, 1.82) is 5.26 Å². The molecule has 2 atom stereocenters. The van der Waals surface area contributed by atoms with Gasteiger partial charge in [-0.25, -0.2) is 0 Å². The molecule has 2 unspecified atom stereocenters. The van der Waals surface area contributed by atoms with Crippen LogP contribution in [0, 0.1) is 11.5 Å². The molecule has 2 heterocycles. The second-order valence-corrected chi connectivity index (χ2v) is 11.0. The maximum Gasteiger partial charge on any atom is 0.251 e. The zero-order chi connectivity index (χ0) is 26.6. The van der Waals surface area contributed by atoms with Gasteiger partial charge >= 0.3 is 0 Å². The monoisotopic (exact) mass is 501 g/mol. The summed E-state index contributed by atoms with van der Waals surface area (Å²) in [7, 11) is 0. The molecule has 1 aliphatic heterocycles. The van der Waals surface area contributed by atoms with Crippen molar-refractivity contribution < 1.29 is 14.4 Å². The van der Waals surface area contributed by atoms with Crippen molar-refractivity contribution in [2.75, 3.05) is 11.4 Å². The summed E-state index contributed by atoms with van der Waals surface area (Å²) in [5.74, 6) is -0.919. The maximum absolute atomic E-state index is 14.1. The van der Waals surface area contributed by atoms with E-state index in [0.717, 1.165) is 37.7 Å². The van der Waals surface area contributed by atoms with Crippen LogP contribution in [0.5, 0.6) is 0 Å². The van der Waals surface area contributed by atoms with Gasteiger partial charge in [0.1, 0.15) is 12.1 Å². The highest BCUT2D eigenvalue weighted by Crippen LogP contribution is 2.33. The van der Waals surface area contributed by atoms with E-state index in [9.17, 15) is 19.6 Å². The number of hydrogen-bond acceptors (Lipinski definition) is 6. The van der Waals surface area contributed by atoms with Gasteiger partial charge in [-0.3, -0.25) is 29.2 Å². The fourth-order valence-corrected chi connectivity index (χ4v) is 5.18. The second-order valence-electron chi connectivity index (χ2n) is 11.0. The third-order valence-corrected chi connectivity index (χ3v) is 7.26. The van der Waals surface area contributed by atoms with Gasteiger partial charge in [-0.1, -0.05) is 58.2 Å². The van der Waals surface area contributed by atoms with Crippen LogP contribution in [-0.2, 0) is 19.8 Å². The van der Waals surface area contributed by atoms with Crippen LogP contribution in [0.15, 0.2) is 48.8 Å². The van der Waals surface area contributed by atoms with Crippen molar-refractivity contribution >= 4 is 23.3 Å². The van der Waals surface area contributed by atoms with Gasteiger partial charge in [0.2, 0.25) is 5.91 Å². The average Bonchev–Trinajstić information content (AvgIpc) is 3.28. The van der Waals surface area contributed by atoms with Crippen LogP contribution >= 0.6 is 0 Å². The summed E-state index contributed by atoms with van der Waals surface area (Å²) in [5.41, 5.74) is 2.09. The van der Waals surface area contributed by atoms with Gasteiger partial charge in [0.25, 0.3) is 5.91 Å². The van der Waals surface area contributed by atoms with Crippen LogP contribution < -0.4 is 10.2 Å². The lowest BCUT2D eigenvalue weighted by molar-refractivity contribution is -0.128. The molecule has 2 aromatic rings. The number of nitrogens with zero attached hydrogens (tertiary/aromatic N) is 4. The molecular formula is C29H35N5O3. The summed E-state index contributed by atoms with van der Waals surface area (Å²) in [4.78, 5) is 47.2. The van der Waals surface area contributed by atoms with Crippen molar-refractivity contribution in [1.82, 2.24) is 15.2 Å². The number of hydrogen-bond donors (Lipinski definition) is 1. The van der Waals surface area contributed by atoms with E-state index in [1.165, 1.54) is 9.80 Å². The summed E-state index contributed by atoms with van der Waals surface area (Å²) < 4.78 is 0. The van der Waals surface area contributed by atoms with Crippen molar-refractivity contribution in [2.45, 2.75) is 82.8 Å². The first-order valence-electron chi connectivity index (χ1n) is 13.0. The minimum Gasteiger partial charge on any atom is -0.351 e. The molecule has 8 heteroatoms. The van der Waals surface area contributed by atoms with Gasteiger partial charge in [0.05, 0.1) is 6.54 Å². The molecule has 2 amide bonds. The number of benzene rings is 1. The first-order chi connectivity index (χ1) is 17.7. The molecule has 2 fully saturated rings. The number of Topliss-reactive ketones (excluding diaryl/α,β-unsaturated/α-hetero) is 1. The molecule has 2 aliphatic rings. The summed E-state index contributed by atoms with van der Waals surface area (Å²) in [5, 5.41) is 12.8. The molecule has 0 radical (unpaired) electrons. The first-order valence-corrected chi connectivity index (χ1v) is 13.0. The van der Waals surface area contributed by atoms with E-state index in [2.05, 4.69) is 31.1 Å². The standard InChI is InChI=1S/C29H35N5O3/c1-29(2,3)21-11-13-23(14-12-21)34(28(37)25-16-24(35)18-33(25)19-30)26(20-8-7-15-31-17-20)27(36)32-22-9-5-4-6-10-22/h7-8,11-15,17,22,25-26H,4-6,9-10,16,18H2,1-3H3,(H,32,36). The Kier molecular flexibility index (Phi) is 7.91. The van der Waals surface area contributed by atoms with Crippen molar-refractivity contribution in [2.24, 2.45) is 0 Å².